The Morgan fingerprint density at radius 3 is 0.875 bits per heavy atom. The van der Waals surface area contributed by atoms with Gasteiger partial charge in [0.2, 0.25) is 0 Å². The zero-order chi connectivity index (χ0) is 52.0. The molecule has 0 aliphatic carbocycles. The third kappa shape index (κ3) is 59.1. The normalized spacial score (nSPS) is 13.0. The molecule has 0 heterocycles. The number of esters is 2. The van der Waals surface area contributed by atoms with Crippen molar-refractivity contribution in [1.82, 2.24) is 0 Å². The molecule has 0 rings (SSSR count). The molecule has 0 fully saturated rings. The number of hydrogen-bond donors (Lipinski definition) is 1. The molecule has 0 aliphatic heterocycles. The lowest BCUT2D eigenvalue weighted by Gasteiger charge is -2.15. The second-order valence-corrected chi connectivity index (χ2v) is 20.0. The van der Waals surface area contributed by atoms with Crippen molar-refractivity contribution in [1.29, 1.82) is 0 Å². The molecule has 5 nitrogen and oxygen atoms in total. The standard InChI is InChI=1S/C67H114O5/c1-3-5-7-9-11-13-15-17-19-21-22-23-24-25-26-27-28-29-30-31-32-33-34-35-36-37-38-39-40-41-42-43-44-46-47-49-51-53-55-57-59-61-66(69)71-64-65(63-68)72-67(70)62-60-58-56-54-52-50-48-45-20-18-16-14-12-10-8-6-4-2/h5-8,11-14,17-20,22-23,48,50,54,56,65,68H,3-4,9-10,15-16,21,24-47,49,51-53,55,57-64H2,1-2H3/b7-5-,8-6-,13-11-,14-12-,19-17-,20-18-,23-22-,50-48-,56-54-. The van der Waals surface area contributed by atoms with E-state index in [1.54, 1.807) is 0 Å². The second kappa shape index (κ2) is 61.9. The van der Waals surface area contributed by atoms with Gasteiger partial charge in [0.15, 0.2) is 6.10 Å². The van der Waals surface area contributed by atoms with Crippen LogP contribution in [0.4, 0.5) is 0 Å². The maximum absolute atomic E-state index is 12.2. The smallest absolute Gasteiger partial charge is 0.306 e. The maximum atomic E-state index is 12.2. The van der Waals surface area contributed by atoms with Gasteiger partial charge in [-0.25, -0.2) is 0 Å². The van der Waals surface area contributed by atoms with Gasteiger partial charge < -0.3 is 14.6 Å². The van der Waals surface area contributed by atoms with Gasteiger partial charge in [-0.2, -0.15) is 0 Å². The van der Waals surface area contributed by atoms with E-state index in [4.69, 9.17) is 9.47 Å². The third-order valence-electron chi connectivity index (χ3n) is 13.1. The fourth-order valence-corrected chi connectivity index (χ4v) is 8.59. The highest BCUT2D eigenvalue weighted by Crippen LogP contribution is 2.17. The molecular formula is C67H114O5. The molecule has 0 saturated carbocycles. The lowest BCUT2D eigenvalue weighted by Crippen LogP contribution is -2.28. The monoisotopic (exact) mass is 999 g/mol. The Labute approximate surface area is 446 Å². The molecule has 0 aromatic carbocycles. The van der Waals surface area contributed by atoms with E-state index in [-0.39, 0.29) is 31.6 Å². The Bertz CT molecular complexity index is 1410. The second-order valence-electron chi connectivity index (χ2n) is 20.0. The molecule has 0 amide bonds. The van der Waals surface area contributed by atoms with Crippen LogP contribution in [-0.2, 0) is 19.1 Å². The van der Waals surface area contributed by atoms with Crippen LogP contribution in [0.25, 0.3) is 0 Å². The van der Waals surface area contributed by atoms with E-state index in [1.807, 2.05) is 0 Å². The molecule has 0 aromatic heterocycles. The zero-order valence-electron chi connectivity index (χ0n) is 47.2. The molecular weight excluding hydrogens is 885 g/mol. The van der Waals surface area contributed by atoms with Crippen molar-refractivity contribution >= 4 is 11.9 Å². The van der Waals surface area contributed by atoms with Crippen molar-refractivity contribution in [2.24, 2.45) is 0 Å². The van der Waals surface area contributed by atoms with Gasteiger partial charge in [-0.15, -0.1) is 0 Å². The van der Waals surface area contributed by atoms with Gasteiger partial charge in [0.25, 0.3) is 0 Å². The Morgan fingerprint density at radius 2 is 0.569 bits per heavy atom. The quantitative estimate of drug-likeness (QED) is 0.0373. The average molecular weight is 1000 g/mol. The number of ether oxygens (including phenoxy) is 2. The van der Waals surface area contributed by atoms with Crippen molar-refractivity contribution in [3.8, 4) is 0 Å². The molecule has 0 saturated heterocycles. The summed E-state index contributed by atoms with van der Waals surface area (Å²) in [5.74, 6) is -0.654. The number of hydrogen-bond acceptors (Lipinski definition) is 5. The summed E-state index contributed by atoms with van der Waals surface area (Å²) in [5.41, 5.74) is 0. The highest BCUT2D eigenvalue weighted by molar-refractivity contribution is 5.70. The topological polar surface area (TPSA) is 72.8 Å². The largest absolute Gasteiger partial charge is 0.462 e. The van der Waals surface area contributed by atoms with Gasteiger partial charge in [0.05, 0.1) is 6.61 Å². The SMILES string of the molecule is CC/C=C\C/C=C\C/C=C\C/C=C\C/C=C\CCCC(=O)OC(CO)COC(=O)CCCCCCCCCCCCCCCCCCCCCCCCCCCCCC/C=C\C/C=C\C/C=C\C/C=C\CC. The number of rotatable bonds is 55. The van der Waals surface area contributed by atoms with Crippen molar-refractivity contribution in [3.63, 3.8) is 0 Å². The Morgan fingerprint density at radius 1 is 0.319 bits per heavy atom. The first kappa shape index (κ1) is 68.6. The van der Waals surface area contributed by atoms with Crippen LogP contribution in [0.3, 0.4) is 0 Å². The number of carbonyl (C=O) groups excluding carboxylic acids is 2. The molecule has 0 aromatic rings. The Balaban J connectivity index is 3.43. The maximum Gasteiger partial charge on any atom is 0.306 e. The van der Waals surface area contributed by atoms with E-state index in [9.17, 15) is 14.7 Å². The number of aliphatic hydroxyl groups is 1. The minimum absolute atomic E-state index is 0.0904. The zero-order valence-corrected chi connectivity index (χ0v) is 47.2. The van der Waals surface area contributed by atoms with E-state index < -0.39 is 6.10 Å². The molecule has 1 N–H and O–H groups in total. The number of allylic oxidation sites excluding steroid dienone is 18. The molecule has 0 bridgehead atoms. The van der Waals surface area contributed by atoms with Gasteiger partial charge in [0.1, 0.15) is 6.61 Å². The van der Waals surface area contributed by atoms with Crippen LogP contribution in [0.15, 0.2) is 109 Å². The first-order valence-electron chi connectivity index (χ1n) is 30.4. The van der Waals surface area contributed by atoms with Crippen molar-refractivity contribution in [2.45, 2.75) is 290 Å². The summed E-state index contributed by atoms with van der Waals surface area (Å²) in [5, 5.41) is 9.63. The third-order valence-corrected chi connectivity index (χ3v) is 13.1. The number of aliphatic hydroxyl groups excluding tert-OH is 1. The average Bonchev–Trinajstić information content (AvgIpc) is 3.38. The van der Waals surface area contributed by atoms with Crippen LogP contribution in [0.5, 0.6) is 0 Å². The van der Waals surface area contributed by atoms with Crippen molar-refractivity contribution < 1.29 is 24.2 Å². The van der Waals surface area contributed by atoms with Gasteiger partial charge in [0, 0.05) is 12.8 Å². The van der Waals surface area contributed by atoms with Crippen molar-refractivity contribution in [3.05, 3.63) is 109 Å². The van der Waals surface area contributed by atoms with Gasteiger partial charge in [-0.1, -0.05) is 290 Å². The summed E-state index contributed by atoms with van der Waals surface area (Å²) < 4.78 is 10.6. The van der Waals surface area contributed by atoms with Crippen LogP contribution in [0, 0.1) is 0 Å². The van der Waals surface area contributed by atoms with Crippen LogP contribution < -0.4 is 0 Å². The minimum atomic E-state index is -0.806. The highest BCUT2D eigenvalue weighted by Gasteiger charge is 2.16. The number of unbranched alkanes of at least 4 members (excludes halogenated alkanes) is 29. The molecule has 0 spiro atoms. The van der Waals surface area contributed by atoms with Crippen LogP contribution in [-0.4, -0.2) is 36.4 Å². The summed E-state index contributed by atoms with van der Waals surface area (Å²) in [6, 6.07) is 0. The predicted octanol–water partition coefficient (Wildman–Crippen LogP) is 20.9. The summed E-state index contributed by atoms with van der Waals surface area (Å²) in [6.07, 6.45) is 89.7. The van der Waals surface area contributed by atoms with E-state index >= 15 is 0 Å². The molecule has 72 heavy (non-hydrogen) atoms. The van der Waals surface area contributed by atoms with Crippen LogP contribution in [0.2, 0.25) is 0 Å². The molecule has 1 unspecified atom stereocenters. The summed E-state index contributed by atoms with van der Waals surface area (Å²) in [7, 11) is 0. The molecule has 5 heteroatoms. The van der Waals surface area contributed by atoms with E-state index in [1.165, 1.54) is 167 Å². The van der Waals surface area contributed by atoms with E-state index in [0.717, 1.165) is 83.5 Å². The van der Waals surface area contributed by atoms with Crippen LogP contribution >= 0.6 is 0 Å². The highest BCUT2D eigenvalue weighted by atomic mass is 16.6. The Kier molecular flexibility index (Phi) is 58.9. The minimum Gasteiger partial charge on any atom is -0.462 e. The first-order chi connectivity index (χ1) is 35.6. The van der Waals surface area contributed by atoms with Gasteiger partial charge in [-0.3, -0.25) is 9.59 Å². The lowest BCUT2D eigenvalue weighted by atomic mass is 10.0. The summed E-state index contributed by atoms with van der Waals surface area (Å²) in [6.45, 7) is 3.88. The molecule has 1 atom stereocenters. The fraction of sp³-hybridized carbons (Fsp3) is 0.701. The Hall–Kier alpha value is -3.44. The molecule has 0 aliphatic rings. The molecule has 0 radical (unpaired) electrons. The number of carbonyl (C=O) groups is 2. The predicted molar refractivity (Wildman–Crippen MR) is 315 cm³/mol. The van der Waals surface area contributed by atoms with Gasteiger partial charge in [-0.05, 0) is 89.9 Å². The summed E-state index contributed by atoms with van der Waals surface area (Å²) in [4.78, 5) is 24.5. The fourth-order valence-electron chi connectivity index (χ4n) is 8.59. The van der Waals surface area contributed by atoms with Gasteiger partial charge >= 0.3 is 11.9 Å². The lowest BCUT2D eigenvalue weighted by molar-refractivity contribution is -0.161. The summed E-state index contributed by atoms with van der Waals surface area (Å²) >= 11 is 0. The molecule has 412 valence electrons. The first-order valence-corrected chi connectivity index (χ1v) is 30.4. The van der Waals surface area contributed by atoms with E-state index in [0.29, 0.717) is 12.8 Å². The van der Waals surface area contributed by atoms with Crippen LogP contribution in [0.1, 0.15) is 284 Å². The van der Waals surface area contributed by atoms with E-state index in [2.05, 4.69) is 123 Å². The van der Waals surface area contributed by atoms with Crippen molar-refractivity contribution in [2.75, 3.05) is 13.2 Å².